The summed E-state index contributed by atoms with van der Waals surface area (Å²) in [6.07, 6.45) is 1.97. The minimum atomic E-state index is -0.784. The number of piperidine rings is 1. The monoisotopic (exact) mass is 185 g/mol. The first-order valence-electron chi connectivity index (χ1n) is 4.65. The molecule has 1 saturated heterocycles. The molecule has 0 saturated carbocycles. The first-order valence-corrected chi connectivity index (χ1v) is 4.65. The first-order chi connectivity index (χ1) is 6.15. The SMILES string of the molecule is CCC(=O)N1CCC[C@H](C(=O)O)C1. The van der Waals surface area contributed by atoms with Crippen LogP contribution in [-0.4, -0.2) is 35.0 Å². The van der Waals surface area contributed by atoms with Crippen molar-refractivity contribution in [3.05, 3.63) is 0 Å². The average Bonchev–Trinajstić information content (AvgIpc) is 2.17. The molecule has 1 aliphatic heterocycles. The molecule has 1 rings (SSSR count). The van der Waals surface area contributed by atoms with Gasteiger partial charge in [-0.3, -0.25) is 9.59 Å². The van der Waals surface area contributed by atoms with Crippen molar-refractivity contribution in [3.63, 3.8) is 0 Å². The topological polar surface area (TPSA) is 57.6 Å². The van der Waals surface area contributed by atoms with Crippen molar-refractivity contribution in [2.75, 3.05) is 13.1 Å². The zero-order valence-corrected chi connectivity index (χ0v) is 7.82. The maximum absolute atomic E-state index is 11.3. The molecule has 0 aromatic rings. The van der Waals surface area contributed by atoms with Crippen LogP contribution in [0.4, 0.5) is 0 Å². The number of hydrogen-bond acceptors (Lipinski definition) is 2. The highest BCUT2D eigenvalue weighted by molar-refractivity contribution is 5.77. The van der Waals surface area contributed by atoms with Crippen molar-refractivity contribution in [1.29, 1.82) is 0 Å². The molecule has 1 atom stereocenters. The third-order valence-electron chi connectivity index (χ3n) is 2.43. The number of aliphatic carboxylic acids is 1. The van der Waals surface area contributed by atoms with Gasteiger partial charge in [-0.05, 0) is 12.8 Å². The van der Waals surface area contributed by atoms with Crippen LogP contribution in [0.5, 0.6) is 0 Å². The van der Waals surface area contributed by atoms with E-state index in [1.807, 2.05) is 0 Å². The van der Waals surface area contributed by atoms with Crippen LogP contribution in [0.2, 0.25) is 0 Å². The molecule has 0 aromatic carbocycles. The van der Waals surface area contributed by atoms with E-state index in [1.165, 1.54) is 0 Å². The molecule has 1 N–H and O–H groups in total. The molecule has 4 nitrogen and oxygen atoms in total. The van der Waals surface area contributed by atoms with Gasteiger partial charge in [0, 0.05) is 19.5 Å². The predicted molar refractivity (Wildman–Crippen MR) is 47.2 cm³/mol. The number of carbonyl (C=O) groups excluding carboxylic acids is 1. The van der Waals surface area contributed by atoms with E-state index in [9.17, 15) is 9.59 Å². The highest BCUT2D eigenvalue weighted by atomic mass is 16.4. The van der Waals surface area contributed by atoms with E-state index >= 15 is 0 Å². The summed E-state index contributed by atoms with van der Waals surface area (Å²) in [5.41, 5.74) is 0. The molecule has 0 aromatic heterocycles. The summed E-state index contributed by atoms with van der Waals surface area (Å²) in [6.45, 7) is 2.91. The Hall–Kier alpha value is -1.06. The van der Waals surface area contributed by atoms with Crippen molar-refractivity contribution in [2.45, 2.75) is 26.2 Å². The Morgan fingerprint density at radius 3 is 2.77 bits per heavy atom. The molecule has 0 unspecified atom stereocenters. The van der Waals surface area contributed by atoms with Crippen LogP contribution in [0.1, 0.15) is 26.2 Å². The lowest BCUT2D eigenvalue weighted by molar-refractivity contribution is -0.145. The maximum Gasteiger partial charge on any atom is 0.308 e. The Morgan fingerprint density at radius 1 is 1.54 bits per heavy atom. The molecule has 0 spiro atoms. The van der Waals surface area contributed by atoms with E-state index in [0.717, 1.165) is 13.0 Å². The molecule has 1 amide bonds. The minimum Gasteiger partial charge on any atom is -0.481 e. The summed E-state index contributed by atoms with van der Waals surface area (Å²) in [4.78, 5) is 23.6. The average molecular weight is 185 g/mol. The third-order valence-corrected chi connectivity index (χ3v) is 2.43. The molecule has 1 aliphatic rings. The number of nitrogens with zero attached hydrogens (tertiary/aromatic N) is 1. The van der Waals surface area contributed by atoms with E-state index in [1.54, 1.807) is 11.8 Å². The molecule has 1 heterocycles. The van der Waals surface area contributed by atoms with E-state index in [0.29, 0.717) is 19.4 Å². The molecule has 13 heavy (non-hydrogen) atoms. The van der Waals surface area contributed by atoms with Gasteiger partial charge in [0.2, 0.25) is 5.91 Å². The van der Waals surface area contributed by atoms with Gasteiger partial charge in [0.1, 0.15) is 0 Å². The van der Waals surface area contributed by atoms with E-state index < -0.39 is 5.97 Å². The summed E-state index contributed by atoms with van der Waals surface area (Å²) in [6, 6.07) is 0. The van der Waals surface area contributed by atoms with Crippen molar-refractivity contribution in [2.24, 2.45) is 5.92 Å². The molecule has 0 radical (unpaired) electrons. The molecule has 1 fully saturated rings. The lowest BCUT2D eigenvalue weighted by Gasteiger charge is -2.30. The van der Waals surface area contributed by atoms with Gasteiger partial charge < -0.3 is 10.0 Å². The Balaban J connectivity index is 2.51. The van der Waals surface area contributed by atoms with E-state index in [-0.39, 0.29) is 11.8 Å². The molecular formula is C9H15NO3. The summed E-state index contributed by atoms with van der Waals surface area (Å²) in [5.74, 6) is -1.08. The number of rotatable bonds is 2. The lowest BCUT2D eigenvalue weighted by Crippen LogP contribution is -2.41. The highest BCUT2D eigenvalue weighted by Crippen LogP contribution is 2.16. The van der Waals surface area contributed by atoms with Crippen molar-refractivity contribution >= 4 is 11.9 Å². The third kappa shape index (κ3) is 2.44. The van der Waals surface area contributed by atoms with Crippen molar-refractivity contribution < 1.29 is 14.7 Å². The first kappa shape index (κ1) is 10.0. The minimum absolute atomic E-state index is 0.0611. The van der Waals surface area contributed by atoms with Gasteiger partial charge in [-0.25, -0.2) is 0 Å². The zero-order chi connectivity index (χ0) is 9.84. The quantitative estimate of drug-likeness (QED) is 0.689. The van der Waals surface area contributed by atoms with Crippen molar-refractivity contribution in [1.82, 2.24) is 4.90 Å². The van der Waals surface area contributed by atoms with Crippen LogP contribution in [0.25, 0.3) is 0 Å². The Kier molecular flexibility index (Phi) is 3.28. The van der Waals surface area contributed by atoms with Gasteiger partial charge in [-0.2, -0.15) is 0 Å². The van der Waals surface area contributed by atoms with Crippen LogP contribution < -0.4 is 0 Å². The summed E-state index contributed by atoms with van der Waals surface area (Å²) in [7, 11) is 0. The van der Waals surface area contributed by atoms with E-state index in [4.69, 9.17) is 5.11 Å². The standard InChI is InChI=1S/C9H15NO3/c1-2-8(11)10-5-3-4-7(6-10)9(12)13/h7H,2-6H2,1H3,(H,12,13)/t7-/m0/s1. The Morgan fingerprint density at radius 2 is 2.23 bits per heavy atom. The second-order valence-electron chi connectivity index (χ2n) is 3.37. The number of likely N-dealkylation sites (tertiary alicyclic amines) is 1. The molecular weight excluding hydrogens is 170 g/mol. The lowest BCUT2D eigenvalue weighted by atomic mass is 9.98. The van der Waals surface area contributed by atoms with E-state index in [2.05, 4.69) is 0 Å². The van der Waals surface area contributed by atoms with Crippen LogP contribution in [0.15, 0.2) is 0 Å². The largest absolute Gasteiger partial charge is 0.481 e. The van der Waals surface area contributed by atoms with Crippen LogP contribution in [0, 0.1) is 5.92 Å². The van der Waals surface area contributed by atoms with Crippen LogP contribution in [0.3, 0.4) is 0 Å². The Bertz CT molecular complexity index is 215. The van der Waals surface area contributed by atoms with Gasteiger partial charge in [0.15, 0.2) is 0 Å². The van der Waals surface area contributed by atoms with Crippen LogP contribution in [-0.2, 0) is 9.59 Å². The normalized spacial score (nSPS) is 22.8. The fourth-order valence-corrected chi connectivity index (χ4v) is 1.63. The van der Waals surface area contributed by atoms with Crippen molar-refractivity contribution in [3.8, 4) is 0 Å². The van der Waals surface area contributed by atoms with Gasteiger partial charge in [-0.1, -0.05) is 6.92 Å². The van der Waals surface area contributed by atoms with Gasteiger partial charge in [0.05, 0.1) is 5.92 Å². The fraction of sp³-hybridized carbons (Fsp3) is 0.778. The summed E-state index contributed by atoms with van der Waals surface area (Å²) < 4.78 is 0. The zero-order valence-electron chi connectivity index (χ0n) is 7.82. The molecule has 0 bridgehead atoms. The van der Waals surface area contributed by atoms with Gasteiger partial charge in [0.25, 0.3) is 0 Å². The number of hydrogen-bond donors (Lipinski definition) is 1. The number of amides is 1. The second kappa shape index (κ2) is 4.25. The molecule has 74 valence electrons. The number of carboxylic acid groups (broad SMARTS) is 1. The van der Waals surface area contributed by atoms with Crippen LogP contribution >= 0.6 is 0 Å². The molecule has 0 aliphatic carbocycles. The summed E-state index contributed by atoms with van der Waals surface area (Å²) in [5, 5.41) is 8.77. The van der Waals surface area contributed by atoms with Gasteiger partial charge in [-0.15, -0.1) is 0 Å². The smallest absolute Gasteiger partial charge is 0.308 e. The predicted octanol–water partition coefficient (Wildman–Crippen LogP) is 0.720. The number of carbonyl (C=O) groups is 2. The van der Waals surface area contributed by atoms with Gasteiger partial charge >= 0.3 is 5.97 Å². The fourth-order valence-electron chi connectivity index (χ4n) is 1.63. The molecule has 4 heteroatoms. The highest BCUT2D eigenvalue weighted by Gasteiger charge is 2.26. The summed E-state index contributed by atoms with van der Waals surface area (Å²) >= 11 is 0. The second-order valence-corrected chi connectivity index (χ2v) is 3.37. The number of carboxylic acids is 1. The Labute approximate surface area is 77.5 Å². The maximum atomic E-state index is 11.3.